The minimum Gasteiger partial charge on any atom is -0.497 e. The van der Waals surface area contributed by atoms with Crippen LogP contribution in [0.4, 0.5) is 0 Å². The van der Waals surface area contributed by atoms with Gasteiger partial charge >= 0.3 is 0 Å². The van der Waals surface area contributed by atoms with Crippen molar-refractivity contribution >= 4 is 0 Å². The lowest BCUT2D eigenvalue weighted by Gasteiger charge is -2.13. The van der Waals surface area contributed by atoms with Crippen LogP contribution in [0.5, 0.6) is 11.5 Å². The maximum Gasteiger partial charge on any atom is 0.127 e. The van der Waals surface area contributed by atoms with Crippen molar-refractivity contribution in [3.05, 3.63) is 23.8 Å². The molecule has 1 unspecified atom stereocenters. The molecule has 3 nitrogen and oxygen atoms in total. The molecule has 0 fully saturated rings. The Morgan fingerprint density at radius 1 is 1.24 bits per heavy atom. The quantitative estimate of drug-likeness (QED) is 0.791. The molecule has 0 bridgehead atoms. The second-order valence-corrected chi connectivity index (χ2v) is 4.32. The number of ether oxygens (including phenoxy) is 2. The second-order valence-electron chi connectivity index (χ2n) is 4.32. The molecule has 17 heavy (non-hydrogen) atoms. The number of hydrogen-bond donors (Lipinski definition) is 1. The Balaban J connectivity index is 2.58. The van der Waals surface area contributed by atoms with Gasteiger partial charge in [0.2, 0.25) is 0 Å². The van der Waals surface area contributed by atoms with Gasteiger partial charge in [0.05, 0.1) is 14.2 Å². The molecule has 0 amide bonds. The SMILES string of the molecule is CCC(C)CNCc1ccc(OC)cc1OC. The molecule has 0 heterocycles. The van der Waals surface area contributed by atoms with E-state index in [9.17, 15) is 0 Å². The largest absolute Gasteiger partial charge is 0.497 e. The average molecular weight is 237 g/mol. The van der Waals surface area contributed by atoms with Crippen molar-refractivity contribution < 1.29 is 9.47 Å². The van der Waals surface area contributed by atoms with Crippen molar-refractivity contribution in [2.75, 3.05) is 20.8 Å². The van der Waals surface area contributed by atoms with Crippen LogP contribution in [0.3, 0.4) is 0 Å². The molecule has 0 saturated heterocycles. The molecule has 1 N–H and O–H groups in total. The Bertz CT molecular complexity index is 339. The molecule has 0 aromatic heterocycles. The summed E-state index contributed by atoms with van der Waals surface area (Å²) in [5.41, 5.74) is 1.16. The standard InChI is InChI=1S/C14H23NO2/c1-5-11(2)9-15-10-12-6-7-13(16-3)8-14(12)17-4/h6-8,11,15H,5,9-10H2,1-4H3. The summed E-state index contributed by atoms with van der Waals surface area (Å²) in [7, 11) is 3.35. The second kappa shape index (κ2) is 7.17. The van der Waals surface area contributed by atoms with Gasteiger partial charge < -0.3 is 14.8 Å². The molecule has 0 aliphatic heterocycles. The van der Waals surface area contributed by atoms with Gasteiger partial charge in [-0.25, -0.2) is 0 Å². The third kappa shape index (κ3) is 4.27. The molecular weight excluding hydrogens is 214 g/mol. The fraction of sp³-hybridized carbons (Fsp3) is 0.571. The van der Waals surface area contributed by atoms with E-state index in [0.717, 1.165) is 30.2 Å². The molecule has 0 radical (unpaired) electrons. The number of methoxy groups -OCH3 is 2. The predicted octanol–water partition coefficient (Wildman–Crippen LogP) is 2.84. The van der Waals surface area contributed by atoms with Crippen molar-refractivity contribution in [2.45, 2.75) is 26.8 Å². The monoisotopic (exact) mass is 237 g/mol. The van der Waals surface area contributed by atoms with Crippen molar-refractivity contribution in [3.63, 3.8) is 0 Å². The van der Waals surface area contributed by atoms with Crippen molar-refractivity contribution in [3.8, 4) is 11.5 Å². The Morgan fingerprint density at radius 3 is 2.59 bits per heavy atom. The van der Waals surface area contributed by atoms with Gasteiger partial charge in [-0.05, 0) is 18.5 Å². The summed E-state index contributed by atoms with van der Waals surface area (Å²) in [5, 5.41) is 3.44. The minimum atomic E-state index is 0.708. The lowest BCUT2D eigenvalue weighted by Crippen LogP contribution is -2.20. The average Bonchev–Trinajstić information content (AvgIpc) is 2.38. The highest BCUT2D eigenvalue weighted by molar-refractivity contribution is 5.40. The van der Waals surface area contributed by atoms with E-state index in [4.69, 9.17) is 9.47 Å². The zero-order valence-corrected chi connectivity index (χ0v) is 11.2. The molecule has 1 rings (SSSR count). The maximum absolute atomic E-state index is 5.35. The van der Waals surface area contributed by atoms with Gasteiger partial charge in [0.25, 0.3) is 0 Å². The van der Waals surface area contributed by atoms with Crippen molar-refractivity contribution in [1.82, 2.24) is 5.32 Å². The summed E-state index contributed by atoms with van der Waals surface area (Å²) >= 11 is 0. The van der Waals surface area contributed by atoms with Crippen LogP contribution in [0.2, 0.25) is 0 Å². The van der Waals surface area contributed by atoms with Crippen LogP contribution in [0.1, 0.15) is 25.8 Å². The van der Waals surface area contributed by atoms with Gasteiger partial charge in [-0.2, -0.15) is 0 Å². The number of hydrogen-bond acceptors (Lipinski definition) is 3. The van der Waals surface area contributed by atoms with E-state index in [1.54, 1.807) is 14.2 Å². The molecule has 3 heteroatoms. The fourth-order valence-corrected chi connectivity index (χ4v) is 1.60. The van der Waals surface area contributed by atoms with Crippen LogP contribution < -0.4 is 14.8 Å². The first-order chi connectivity index (χ1) is 8.21. The van der Waals surface area contributed by atoms with E-state index in [1.807, 2.05) is 18.2 Å². The van der Waals surface area contributed by atoms with Crippen molar-refractivity contribution in [2.24, 2.45) is 5.92 Å². The Labute approximate surface area is 104 Å². The minimum absolute atomic E-state index is 0.708. The van der Waals surface area contributed by atoms with E-state index in [2.05, 4.69) is 19.2 Å². The molecule has 96 valence electrons. The molecule has 0 saturated carbocycles. The number of rotatable bonds is 7. The first kappa shape index (κ1) is 13.8. The zero-order valence-electron chi connectivity index (χ0n) is 11.2. The van der Waals surface area contributed by atoms with Gasteiger partial charge in [0.15, 0.2) is 0 Å². The third-order valence-electron chi connectivity index (χ3n) is 3.00. The van der Waals surface area contributed by atoms with Crippen LogP contribution in [0.25, 0.3) is 0 Å². The number of nitrogens with one attached hydrogen (secondary N) is 1. The summed E-state index contributed by atoms with van der Waals surface area (Å²) in [6.07, 6.45) is 1.20. The van der Waals surface area contributed by atoms with Crippen LogP contribution in [-0.2, 0) is 6.54 Å². The summed E-state index contributed by atoms with van der Waals surface area (Å²) in [5.74, 6) is 2.41. The molecule has 0 spiro atoms. The number of benzene rings is 1. The third-order valence-corrected chi connectivity index (χ3v) is 3.00. The zero-order chi connectivity index (χ0) is 12.7. The smallest absolute Gasteiger partial charge is 0.127 e. The molecule has 1 atom stereocenters. The highest BCUT2D eigenvalue weighted by Crippen LogP contribution is 2.24. The van der Waals surface area contributed by atoms with E-state index < -0.39 is 0 Å². The highest BCUT2D eigenvalue weighted by atomic mass is 16.5. The fourth-order valence-electron chi connectivity index (χ4n) is 1.60. The summed E-state index contributed by atoms with van der Waals surface area (Å²) in [6.45, 7) is 6.32. The van der Waals surface area contributed by atoms with Gasteiger partial charge in [-0.1, -0.05) is 26.3 Å². The molecule has 0 aliphatic rings. The topological polar surface area (TPSA) is 30.5 Å². The Kier molecular flexibility index (Phi) is 5.84. The van der Waals surface area contributed by atoms with E-state index >= 15 is 0 Å². The predicted molar refractivity (Wildman–Crippen MR) is 70.7 cm³/mol. The first-order valence-electron chi connectivity index (χ1n) is 6.12. The van der Waals surface area contributed by atoms with Crippen LogP contribution in [0, 0.1) is 5.92 Å². The highest BCUT2D eigenvalue weighted by Gasteiger charge is 2.05. The van der Waals surface area contributed by atoms with Crippen molar-refractivity contribution in [1.29, 1.82) is 0 Å². The van der Waals surface area contributed by atoms with Crippen LogP contribution >= 0.6 is 0 Å². The molecule has 1 aromatic carbocycles. The summed E-state index contributed by atoms with van der Waals surface area (Å²) in [4.78, 5) is 0. The first-order valence-corrected chi connectivity index (χ1v) is 6.12. The summed E-state index contributed by atoms with van der Waals surface area (Å²) < 4.78 is 10.5. The van der Waals surface area contributed by atoms with Crippen LogP contribution in [-0.4, -0.2) is 20.8 Å². The Hall–Kier alpha value is -1.22. The van der Waals surface area contributed by atoms with E-state index in [0.29, 0.717) is 5.92 Å². The maximum atomic E-state index is 5.35. The molecule has 0 aliphatic carbocycles. The summed E-state index contributed by atoms with van der Waals surface area (Å²) in [6, 6.07) is 5.92. The lowest BCUT2D eigenvalue weighted by atomic mass is 10.1. The van der Waals surface area contributed by atoms with Gasteiger partial charge in [0, 0.05) is 18.2 Å². The Morgan fingerprint density at radius 2 is 2.00 bits per heavy atom. The van der Waals surface area contributed by atoms with Gasteiger partial charge in [0.1, 0.15) is 11.5 Å². The normalized spacial score (nSPS) is 12.2. The van der Waals surface area contributed by atoms with E-state index in [-0.39, 0.29) is 0 Å². The van der Waals surface area contributed by atoms with Crippen LogP contribution in [0.15, 0.2) is 18.2 Å². The van der Waals surface area contributed by atoms with Gasteiger partial charge in [-0.3, -0.25) is 0 Å². The van der Waals surface area contributed by atoms with Gasteiger partial charge in [-0.15, -0.1) is 0 Å². The van der Waals surface area contributed by atoms with E-state index in [1.165, 1.54) is 6.42 Å². The molecule has 1 aromatic rings. The molecular formula is C14H23NO2. The lowest BCUT2D eigenvalue weighted by molar-refractivity contribution is 0.389.